The van der Waals surface area contributed by atoms with Gasteiger partial charge in [0.25, 0.3) is 0 Å². The Morgan fingerprint density at radius 1 is 1.30 bits per heavy atom. The van der Waals surface area contributed by atoms with Crippen molar-refractivity contribution in [3.05, 3.63) is 46.5 Å². The fourth-order valence-corrected chi connectivity index (χ4v) is 2.84. The lowest BCUT2D eigenvalue weighted by atomic mass is 10.2. The van der Waals surface area contributed by atoms with Crippen LogP contribution in [-0.2, 0) is 13.0 Å². The number of rotatable bonds is 4. The molecule has 5 heteroatoms. The van der Waals surface area contributed by atoms with E-state index < -0.39 is 0 Å². The van der Waals surface area contributed by atoms with Crippen LogP contribution in [0.5, 0.6) is 0 Å². The first-order chi connectivity index (χ1) is 9.78. The minimum absolute atomic E-state index is 0.343. The maximum atomic E-state index is 5.95. The quantitative estimate of drug-likeness (QED) is 0.941. The van der Waals surface area contributed by atoms with Crippen LogP contribution in [0.4, 0.5) is 0 Å². The van der Waals surface area contributed by atoms with Gasteiger partial charge < -0.3 is 9.88 Å². The van der Waals surface area contributed by atoms with E-state index in [1.807, 2.05) is 12.1 Å². The van der Waals surface area contributed by atoms with E-state index in [1.165, 1.54) is 12.0 Å². The molecule has 1 atom stereocenters. The summed E-state index contributed by atoms with van der Waals surface area (Å²) in [5.74, 6) is 2.11. The van der Waals surface area contributed by atoms with E-state index in [4.69, 9.17) is 11.6 Å². The molecule has 1 aromatic carbocycles. The number of halogens is 1. The Morgan fingerprint density at radius 3 is 2.75 bits per heavy atom. The lowest BCUT2D eigenvalue weighted by Crippen LogP contribution is -2.19. The van der Waals surface area contributed by atoms with Crippen LogP contribution in [0.1, 0.15) is 43.0 Å². The van der Waals surface area contributed by atoms with Crippen molar-refractivity contribution in [3.8, 4) is 0 Å². The monoisotopic (exact) mass is 290 g/mol. The van der Waals surface area contributed by atoms with Crippen molar-refractivity contribution in [1.29, 1.82) is 0 Å². The normalized spacial score (nSPS) is 18.6. The van der Waals surface area contributed by atoms with Crippen LogP contribution in [0.3, 0.4) is 0 Å². The number of hydrogen-bond donors (Lipinski definition) is 1. The molecule has 1 saturated heterocycles. The van der Waals surface area contributed by atoms with Crippen molar-refractivity contribution in [2.24, 2.45) is 0 Å². The first kappa shape index (κ1) is 13.6. The van der Waals surface area contributed by atoms with E-state index in [0.717, 1.165) is 42.6 Å². The number of aromatic nitrogens is 3. The van der Waals surface area contributed by atoms with Gasteiger partial charge in [0.05, 0.1) is 12.6 Å². The van der Waals surface area contributed by atoms with Gasteiger partial charge in [0.15, 0.2) is 5.82 Å². The minimum atomic E-state index is 0.343. The second-order valence-corrected chi connectivity index (χ2v) is 5.63. The van der Waals surface area contributed by atoms with E-state index in [0.29, 0.717) is 6.04 Å². The molecular formula is C15H19ClN4. The zero-order chi connectivity index (χ0) is 13.9. The predicted octanol–water partition coefficient (Wildman–Crippen LogP) is 2.97. The number of aryl methyl sites for hydroxylation is 1. The van der Waals surface area contributed by atoms with Gasteiger partial charge in [0.1, 0.15) is 5.82 Å². The third kappa shape index (κ3) is 2.72. The number of nitrogens with zero attached hydrogens (tertiary/aromatic N) is 3. The molecule has 3 rings (SSSR count). The Hall–Kier alpha value is -1.39. The predicted molar refractivity (Wildman–Crippen MR) is 79.9 cm³/mol. The highest BCUT2D eigenvalue weighted by atomic mass is 35.5. The molecule has 0 spiro atoms. The van der Waals surface area contributed by atoms with Crippen molar-refractivity contribution in [2.45, 2.75) is 38.8 Å². The van der Waals surface area contributed by atoms with Crippen LogP contribution in [0.15, 0.2) is 24.3 Å². The molecule has 1 fully saturated rings. The standard InChI is InChI=1S/C15H19ClN4/c1-2-14-18-19-15(13-4-3-9-17-13)20(14)10-11-5-7-12(16)8-6-11/h5-8,13,17H,2-4,9-10H2,1H3/t13-/m1/s1. The molecule has 0 amide bonds. The van der Waals surface area contributed by atoms with Crippen LogP contribution >= 0.6 is 11.6 Å². The third-order valence-corrected chi connectivity index (χ3v) is 4.05. The Labute approximate surface area is 124 Å². The van der Waals surface area contributed by atoms with Gasteiger partial charge in [-0.05, 0) is 37.1 Å². The maximum Gasteiger partial charge on any atom is 0.150 e. The Balaban J connectivity index is 1.90. The highest BCUT2D eigenvalue weighted by Crippen LogP contribution is 2.23. The minimum Gasteiger partial charge on any atom is -0.309 e. The maximum absolute atomic E-state index is 5.95. The lowest BCUT2D eigenvalue weighted by Gasteiger charge is -2.14. The van der Waals surface area contributed by atoms with Crippen molar-refractivity contribution in [1.82, 2.24) is 20.1 Å². The average Bonchev–Trinajstić information content (AvgIpc) is 3.10. The smallest absolute Gasteiger partial charge is 0.150 e. The topological polar surface area (TPSA) is 42.7 Å². The molecule has 2 aromatic rings. The largest absolute Gasteiger partial charge is 0.309 e. The summed E-state index contributed by atoms with van der Waals surface area (Å²) >= 11 is 5.95. The van der Waals surface area contributed by atoms with Gasteiger partial charge in [-0.25, -0.2) is 0 Å². The van der Waals surface area contributed by atoms with E-state index in [9.17, 15) is 0 Å². The van der Waals surface area contributed by atoms with Gasteiger partial charge >= 0.3 is 0 Å². The molecular weight excluding hydrogens is 272 g/mol. The summed E-state index contributed by atoms with van der Waals surface area (Å²) in [4.78, 5) is 0. The molecule has 0 aliphatic carbocycles. The number of hydrogen-bond acceptors (Lipinski definition) is 3. The molecule has 0 radical (unpaired) electrons. The van der Waals surface area contributed by atoms with Crippen molar-refractivity contribution < 1.29 is 0 Å². The van der Waals surface area contributed by atoms with Gasteiger partial charge in [-0.1, -0.05) is 30.7 Å². The molecule has 0 saturated carbocycles. The zero-order valence-corrected chi connectivity index (χ0v) is 12.4. The van der Waals surface area contributed by atoms with Gasteiger partial charge in [0, 0.05) is 11.4 Å². The summed E-state index contributed by atoms with van der Waals surface area (Å²) in [6.07, 6.45) is 3.25. The van der Waals surface area contributed by atoms with Gasteiger partial charge in [0.2, 0.25) is 0 Å². The molecule has 1 aromatic heterocycles. The molecule has 1 N–H and O–H groups in total. The van der Waals surface area contributed by atoms with E-state index >= 15 is 0 Å². The third-order valence-electron chi connectivity index (χ3n) is 3.80. The van der Waals surface area contributed by atoms with E-state index in [1.54, 1.807) is 0 Å². The van der Waals surface area contributed by atoms with Crippen molar-refractivity contribution in [3.63, 3.8) is 0 Å². The van der Waals surface area contributed by atoms with Gasteiger partial charge in [-0.3, -0.25) is 0 Å². The van der Waals surface area contributed by atoms with E-state index in [-0.39, 0.29) is 0 Å². The highest BCUT2D eigenvalue weighted by Gasteiger charge is 2.23. The molecule has 1 aliphatic rings. The Morgan fingerprint density at radius 2 is 2.10 bits per heavy atom. The second kappa shape index (κ2) is 5.94. The van der Waals surface area contributed by atoms with Crippen LogP contribution in [-0.4, -0.2) is 21.3 Å². The lowest BCUT2D eigenvalue weighted by molar-refractivity contribution is 0.557. The highest BCUT2D eigenvalue weighted by molar-refractivity contribution is 6.30. The summed E-state index contributed by atoms with van der Waals surface area (Å²) in [5.41, 5.74) is 1.23. The summed E-state index contributed by atoms with van der Waals surface area (Å²) in [6, 6.07) is 8.33. The summed E-state index contributed by atoms with van der Waals surface area (Å²) in [6.45, 7) is 4.00. The van der Waals surface area contributed by atoms with Crippen molar-refractivity contribution >= 4 is 11.6 Å². The molecule has 0 unspecified atom stereocenters. The molecule has 2 heterocycles. The van der Waals surface area contributed by atoms with Crippen LogP contribution in [0.25, 0.3) is 0 Å². The first-order valence-corrected chi connectivity index (χ1v) is 7.55. The summed E-state index contributed by atoms with van der Waals surface area (Å²) in [7, 11) is 0. The van der Waals surface area contributed by atoms with Gasteiger partial charge in [-0.15, -0.1) is 10.2 Å². The Bertz CT molecular complexity index is 570. The summed E-state index contributed by atoms with van der Waals surface area (Å²) in [5, 5.41) is 13.0. The molecule has 20 heavy (non-hydrogen) atoms. The zero-order valence-electron chi connectivity index (χ0n) is 11.6. The van der Waals surface area contributed by atoms with Gasteiger partial charge in [-0.2, -0.15) is 0 Å². The Kier molecular flexibility index (Phi) is 4.03. The fourth-order valence-electron chi connectivity index (χ4n) is 2.72. The molecule has 0 bridgehead atoms. The van der Waals surface area contributed by atoms with Crippen molar-refractivity contribution in [2.75, 3.05) is 6.54 Å². The van der Waals surface area contributed by atoms with E-state index in [2.05, 4.69) is 39.1 Å². The summed E-state index contributed by atoms with van der Waals surface area (Å²) < 4.78 is 2.24. The average molecular weight is 291 g/mol. The van der Waals surface area contributed by atoms with Crippen LogP contribution in [0.2, 0.25) is 5.02 Å². The second-order valence-electron chi connectivity index (χ2n) is 5.19. The molecule has 4 nitrogen and oxygen atoms in total. The number of nitrogens with one attached hydrogen (secondary N) is 1. The molecule has 1 aliphatic heterocycles. The molecule has 106 valence electrons. The first-order valence-electron chi connectivity index (χ1n) is 7.17. The fraction of sp³-hybridized carbons (Fsp3) is 0.467. The number of benzene rings is 1. The SMILES string of the molecule is CCc1nnc([C@H]2CCCN2)n1Cc1ccc(Cl)cc1. The van der Waals surface area contributed by atoms with Crippen LogP contribution in [0, 0.1) is 0 Å². The van der Waals surface area contributed by atoms with Crippen LogP contribution < -0.4 is 5.32 Å².